The van der Waals surface area contributed by atoms with Gasteiger partial charge in [0.2, 0.25) is 0 Å². The molecule has 3 aliphatic rings. The monoisotopic (exact) mass is 497 g/mol. The fourth-order valence-corrected chi connectivity index (χ4v) is 5.67. The van der Waals surface area contributed by atoms with Crippen LogP contribution in [0.5, 0.6) is 0 Å². The van der Waals surface area contributed by atoms with Gasteiger partial charge in [0, 0.05) is 11.6 Å². The average molecular weight is 498 g/mol. The number of carbonyl (C=O) groups excluding carboxylic acids is 1. The lowest BCUT2D eigenvalue weighted by Gasteiger charge is -2.37. The molecule has 0 saturated carbocycles. The van der Waals surface area contributed by atoms with Crippen molar-refractivity contribution in [2.24, 2.45) is 5.41 Å². The van der Waals surface area contributed by atoms with Crippen LogP contribution >= 0.6 is 23.2 Å². The minimum atomic E-state index is -0.437. The summed E-state index contributed by atoms with van der Waals surface area (Å²) in [7, 11) is 0. The van der Waals surface area contributed by atoms with E-state index in [9.17, 15) is 4.79 Å². The van der Waals surface area contributed by atoms with Gasteiger partial charge in [-0.25, -0.2) is 4.98 Å². The normalized spacial score (nSPS) is 29.4. The molecule has 176 valence electrons. The van der Waals surface area contributed by atoms with Gasteiger partial charge in [0.15, 0.2) is 5.82 Å². The van der Waals surface area contributed by atoms with Gasteiger partial charge in [0.1, 0.15) is 11.8 Å². The molecule has 34 heavy (non-hydrogen) atoms. The Morgan fingerprint density at radius 1 is 1.26 bits per heavy atom. The summed E-state index contributed by atoms with van der Waals surface area (Å²) in [6.07, 6.45) is 9.88. The Kier molecular flexibility index (Phi) is 6.01. The van der Waals surface area contributed by atoms with E-state index in [2.05, 4.69) is 35.2 Å². The summed E-state index contributed by atoms with van der Waals surface area (Å²) < 4.78 is 5.88. The molecule has 4 unspecified atom stereocenters. The van der Waals surface area contributed by atoms with Gasteiger partial charge in [0.25, 0.3) is 5.91 Å². The molecule has 0 spiro atoms. The molecule has 1 fully saturated rings. The van der Waals surface area contributed by atoms with E-state index in [4.69, 9.17) is 38.2 Å². The van der Waals surface area contributed by atoms with E-state index in [1.165, 1.54) is 6.20 Å². The lowest BCUT2D eigenvalue weighted by Crippen LogP contribution is -2.44. The molecule has 5 rings (SSSR count). The van der Waals surface area contributed by atoms with E-state index in [0.29, 0.717) is 11.4 Å². The van der Waals surface area contributed by atoms with Crippen molar-refractivity contribution >= 4 is 40.4 Å². The SMILES string of the molecule is CC1(C)CC=C(c2nc(C3C(Cl)C4C=CC(O4)C3Cl)ccc2NC(=O)c2ncc(C#N)[nH]2)CC1. The van der Waals surface area contributed by atoms with Gasteiger partial charge in [-0.3, -0.25) is 9.78 Å². The molecule has 7 nitrogen and oxygen atoms in total. The summed E-state index contributed by atoms with van der Waals surface area (Å²) in [6, 6.07) is 5.66. The van der Waals surface area contributed by atoms with Crippen LogP contribution in [0.25, 0.3) is 5.57 Å². The van der Waals surface area contributed by atoms with Crippen molar-refractivity contribution in [1.29, 1.82) is 5.26 Å². The summed E-state index contributed by atoms with van der Waals surface area (Å²) in [5.41, 5.74) is 3.61. The van der Waals surface area contributed by atoms with Gasteiger partial charge in [-0.15, -0.1) is 23.2 Å². The van der Waals surface area contributed by atoms with E-state index >= 15 is 0 Å². The van der Waals surface area contributed by atoms with Crippen molar-refractivity contribution in [3.8, 4) is 6.07 Å². The van der Waals surface area contributed by atoms with E-state index < -0.39 is 5.91 Å². The maximum absolute atomic E-state index is 12.8. The Balaban J connectivity index is 1.51. The highest BCUT2D eigenvalue weighted by Crippen LogP contribution is 2.45. The number of rotatable bonds is 4. The molecule has 1 amide bonds. The summed E-state index contributed by atoms with van der Waals surface area (Å²) in [4.78, 5) is 24.6. The zero-order chi connectivity index (χ0) is 24.0. The van der Waals surface area contributed by atoms with E-state index in [-0.39, 0.29) is 45.8 Å². The molecule has 2 aromatic heterocycles. The topological polar surface area (TPSA) is 104 Å². The number of imidazole rings is 1. The van der Waals surface area contributed by atoms with Crippen molar-refractivity contribution in [3.63, 3.8) is 0 Å². The number of carbonyl (C=O) groups is 1. The molecule has 4 heterocycles. The van der Waals surface area contributed by atoms with Gasteiger partial charge in [-0.05, 0) is 42.4 Å². The highest BCUT2D eigenvalue weighted by Gasteiger charge is 2.47. The Bertz CT molecular complexity index is 1210. The van der Waals surface area contributed by atoms with Crippen LogP contribution in [0.4, 0.5) is 5.69 Å². The second-order valence-corrected chi connectivity index (χ2v) is 10.8. The number of pyridine rings is 1. The Hall–Kier alpha value is -2.66. The van der Waals surface area contributed by atoms with E-state index in [1.54, 1.807) is 0 Å². The van der Waals surface area contributed by atoms with Crippen LogP contribution in [0.15, 0.2) is 36.6 Å². The van der Waals surface area contributed by atoms with Crippen molar-refractivity contribution in [2.45, 2.75) is 62.0 Å². The van der Waals surface area contributed by atoms with Crippen LogP contribution in [0, 0.1) is 16.7 Å². The number of halogens is 2. The lowest BCUT2D eigenvalue weighted by atomic mass is 9.77. The largest absolute Gasteiger partial charge is 0.364 e. The minimum absolute atomic E-state index is 0.0686. The van der Waals surface area contributed by atoms with Crippen LogP contribution in [-0.4, -0.2) is 43.8 Å². The minimum Gasteiger partial charge on any atom is -0.364 e. The summed E-state index contributed by atoms with van der Waals surface area (Å²) in [5.74, 6) is -0.568. The maximum atomic E-state index is 12.8. The van der Waals surface area contributed by atoms with Gasteiger partial charge < -0.3 is 15.0 Å². The second kappa shape index (κ2) is 8.84. The Labute approximate surface area is 208 Å². The molecule has 2 N–H and O–H groups in total. The highest BCUT2D eigenvalue weighted by atomic mass is 35.5. The zero-order valence-electron chi connectivity index (χ0n) is 18.9. The number of aromatic amines is 1. The van der Waals surface area contributed by atoms with Crippen molar-refractivity contribution in [2.75, 3.05) is 5.32 Å². The van der Waals surface area contributed by atoms with E-state index in [1.807, 2.05) is 30.4 Å². The third kappa shape index (κ3) is 4.26. The van der Waals surface area contributed by atoms with Crippen molar-refractivity contribution in [3.05, 3.63) is 59.5 Å². The molecular formula is C25H25Cl2N5O2. The van der Waals surface area contributed by atoms with Crippen LogP contribution in [-0.2, 0) is 4.74 Å². The van der Waals surface area contributed by atoms with Gasteiger partial charge in [-0.1, -0.05) is 32.1 Å². The zero-order valence-corrected chi connectivity index (χ0v) is 20.4. The number of alkyl halides is 2. The fourth-order valence-electron chi connectivity index (χ4n) is 4.74. The third-order valence-corrected chi connectivity index (χ3v) is 7.85. The Morgan fingerprint density at radius 3 is 2.62 bits per heavy atom. The number of amides is 1. The molecule has 1 aliphatic carbocycles. The number of hydrogen-bond acceptors (Lipinski definition) is 5. The number of nitriles is 1. The number of fused-ring (bicyclic) bond motifs is 2. The molecule has 2 aromatic rings. The number of H-pyrrole nitrogens is 1. The predicted molar refractivity (Wildman–Crippen MR) is 131 cm³/mol. The third-order valence-electron chi connectivity index (χ3n) is 6.81. The van der Waals surface area contributed by atoms with Crippen LogP contribution < -0.4 is 5.32 Å². The van der Waals surface area contributed by atoms with Crippen molar-refractivity contribution < 1.29 is 9.53 Å². The number of hydrogen-bond donors (Lipinski definition) is 2. The lowest BCUT2D eigenvalue weighted by molar-refractivity contribution is 0.0165. The fraction of sp³-hybridized carbons (Fsp3) is 0.440. The number of nitrogens with zero attached hydrogens (tertiary/aromatic N) is 3. The first-order valence-corrected chi connectivity index (χ1v) is 12.2. The number of anilines is 1. The number of allylic oxidation sites excluding steroid dienone is 2. The molecule has 2 bridgehead atoms. The molecule has 2 aliphatic heterocycles. The standard InChI is InChI=1S/C25H25Cl2N5O2/c1-25(2)9-7-13(8-10-25)22-16(32-24(33)23-29-12-14(11-28)30-23)4-3-15(31-22)19-20(26)17-5-6-18(34-17)21(19)27/h3-7,12,17-21H,8-10H2,1-2H3,(H,29,30)(H,32,33). The Morgan fingerprint density at radius 2 is 2.00 bits per heavy atom. The van der Waals surface area contributed by atoms with Crippen LogP contribution in [0.3, 0.4) is 0 Å². The first kappa shape index (κ1) is 23.1. The van der Waals surface area contributed by atoms with Gasteiger partial charge in [-0.2, -0.15) is 5.26 Å². The maximum Gasteiger partial charge on any atom is 0.291 e. The molecule has 0 radical (unpaired) electrons. The van der Waals surface area contributed by atoms with Crippen LogP contribution in [0.2, 0.25) is 0 Å². The molecule has 9 heteroatoms. The summed E-state index contributed by atoms with van der Waals surface area (Å²) in [6.45, 7) is 4.50. The summed E-state index contributed by atoms with van der Waals surface area (Å²) >= 11 is 13.6. The summed E-state index contributed by atoms with van der Waals surface area (Å²) in [5, 5.41) is 11.2. The first-order chi connectivity index (χ1) is 16.3. The molecule has 0 aromatic carbocycles. The van der Waals surface area contributed by atoms with Crippen molar-refractivity contribution in [1.82, 2.24) is 15.0 Å². The van der Waals surface area contributed by atoms with E-state index in [0.717, 1.165) is 30.5 Å². The number of nitrogens with one attached hydrogen (secondary N) is 2. The number of ether oxygens (including phenoxy) is 1. The van der Waals surface area contributed by atoms with Gasteiger partial charge >= 0.3 is 0 Å². The first-order valence-electron chi connectivity index (χ1n) is 11.3. The quantitative estimate of drug-likeness (QED) is 0.448. The smallest absolute Gasteiger partial charge is 0.291 e. The highest BCUT2D eigenvalue weighted by molar-refractivity contribution is 6.25. The molecule has 1 saturated heterocycles. The average Bonchev–Trinajstić information content (AvgIpc) is 3.48. The number of aromatic nitrogens is 3. The van der Waals surface area contributed by atoms with Gasteiger partial charge in [0.05, 0.1) is 40.5 Å². The predicted octanol–water partition coefficient (Wildman–Crippen LogP) is 5.16. The molecular weight excluding hydrogens is 473 g/mol. The second-order valence-electron chi connectivity index (χ2n) is 9.81. The van der Waals surface area contributed by atoms with Crippen LogP contribution in [0.1, 0.15) is 66.7 Å². The molecule has 4 atom stereocenters.